The van der Waals surface area contributed by atoms with Crippen molar-refractivity contribution in [3.63, 3.8) is 0 Å². The number of aryl methyl sites for hydroxylation is 1. The first kappa shape index (κ1) is 16.0. The van der Waals surface area contributed by atoms with Gasteiger partial charge in [0.25, 0.3) is 5.91 Å². The number of thiophene rings is 1. The SMILES string of the molecule is Cc1ccsc1CNC(=O)c1ccc(OC[C@H]2CCCO2)cc1. The van der Waals surface area contributed by atoms with Crippen LogP contribution in [-0.2, 0) is 11.3 Å². The predicted molar refractivity (Wildman–Crippen MR) is 91.1 cm³/mol. The van der Waals surface area contributed by atoms with Gasteiger partial charge in [0.05, 0.1) is 12.6 Å². The maximum Gasteiger partial charge on any atom is 0.251 e. The number of hydrogen-bond donors (Lipinski definition) is 1. The molecule has 1 saturated heterocycles. The van der Waals surface area contributed by atoms with Crippen molar-refractivity contribution in [3.05, 3.63) is 51.7 Å². The fraction of sp³-hybridized carbons (Fsp3) is 0.389. The molecule has 0 radical (unpaired) electrons. The molecule has 23 heavy (non-hydrogen) atoms. The van der Waals surface area contributed by atoms with Crippen molar-refractivity contribution < 1.29 is 14.3 Å². The average Bonchev–Trinajstić information content (AvgIpc) is 3.23. The molecule has 2 heterocycles. The second kappa shape index (κ2) is 7.62. The van der Waals surface area contributed by atoms with Gasteiger partial charge in [-0.15, -0.1) is 11.3 Å². The zero-order valence-corrected chi connectivity index (χ0v) is 14.0. The molecule has 1 amide bonds. The summed E-state index contributed by atoms with van der Waals surface area (Å²) in [7, 11) is 0. The maximum atomic E-state index is 12.2. The lowest BCUT2D eigenvalue weighted by Gasteiger charge is -2.11. The van der Waals surface area contributed by atoms with Gasteiger partial charge >= 0.3 is 0 Å². The number of hydrogen-bond acceptors (Lipinski definition) is 4. The van der Waals surface area contributed by atoms with Crippen LogP contribution in [0.4, 0.5) is 0 Å². The van der Waals surface area contributed by atoms with Crippen LogP contribution in [0.3, 0.4) is 0 Å². The van der Waals surface area contributed by atoms with E-state index in [-0.39, 0.29) is 12.0 Å². The summed E-state index contributed by atoms with van der Waals surface area (Å²) in [6.07, 6.45) is 2.37. The van der Waals surface area contributed by atoms with Gasteiger partial charge in [-0.05, 0) is 61.0 Å². The first-order valence-electron chi connectivity index (χ1n) is 7.88. The third-order valence-corrected chi connectivity index (χ3v) is 4.98. The van der Waals surface area contributed by atoms with Crippen LogP contribution in [-0.4, -0.2) is 25.2 Å². The highest BCUT2D eigenvalue weighted by Gasteiger charge is 2.16. The van der Waals surface area contributed by atoms with Gasteiger partial charge in [-0.2, -0.15) is 0 Å². The van der Waals surface area contributed by atoms with Gasteiger partial charge in [0.2, 0.25) is 0 Å². The summed E-state index contributed by atoms with van der Waals surface area (Å²) in [4.78, 5) is 13.4. The summed E-state index contributed by atoms with van der Waals surface area (Å²) in [6, 6.07) is 9.32. The lowest BCUT2D eigenvalue weighted by Crippen LogP contribution is -2.22. The molecule has 1 N–H and O–H groups in total. The lowest BCUT2D eigenvalue weighted by molar-refractivity contribution is 0.0679. The molecule has 1 aromatic carbocycles. The summed E-state index contributed by atoms with van der Waals surface area (Å²) in [5, 5.41) is 4.99. The van der Waals surface area contributed by atoms with Gasteiger partial charge in [0.1, 0.15) is 12.4 Å². The first-order chi connectivity index (χ1) is 11.2. The van der Waals surface area contributed by atoms with Gasteiger partial charge in [-0.25, -0.2) is 0 Å². The highest BCUT2D eigenvalue weighted by atomic mass is 32.1. The number of benzene rings is 1. The molecule has 4 nitrogen and oxygen atoms in total. The fourth-order valence-electron chi connectivity index (χ4n) is 2.52. The van der Waals surface area contributed by atoms with Crippen molar-refractivity contribution in [2.45, 2.75) is 32.4 Å². The van der Waals surface area contributed by atoms with Gasteiger partial charge in [-0.3, -0.25) is 4.79 Å². The summed E-state index contributed by atoms with van der Waals surface area (Å²) in [6.45, 7) is 4.03. The van der Waals surface area contributed by atoms with E-state index < -0.39 is 0 Å². The third kappa shape index (κ3) is 4.33. The average molecular weight is 331 g/mol. The van der Waals surface area contributed by atoms with Crippen LogP contribution in [0.2, 0.25) is 0 Å². The molecule has 1 aliphatic rings. The van der Waals surface area contributed by atoms with E-state index in [0.29, 0.717) is 18.7 Å². The number of carbonyl (C=O) groups excluding carboxylic acids is 1. The molecular weight excluding hydrogens is 310 g/mol. The molecule has 1 atom stereocenters. The maximum absolute atomic E-state index is 12.2. The summed E-state index contributed by atoms with van der Waals surface area (Å²) in [5.74, 6) is 0.703. The molecule has 0 unspecified atom stereocenters. The highest BCUT2D eigenvalue weighted by Crippen LogP contribution is 2.17. The topological polar surface area (TPSA) is 47.6 Å². The van der Waals surface area contributed by atoms with Gasteiger partial charge < -0.3 is 14.8 Å². The normalized spacial score (nSPS) is 17.2. The van der Waals surface area contributed by atoms with Crippen LogP contribution in [0.25, 0.3) is 0 Å². The Bertz CT molecular complexity index is 645. The Morgan fingerprint density at radius 3 is 2.83 bits per heavy atom. The van der Waals surface area contributed by atoms with Crippen LogP contribution in [0.15, 0.2) is 35.7 Å². The van der Waals surface area contributed by atoms with Crippen molar-refractivity contribution in [1.82, 2.24) is 5.32 Å². The van der Waals surface area contributed by atoms with E-state index in [1.54, 1.807) is 23.5 Å². The van der Waals surface area contributed by atoms with Crippen LogP contribution in [0, 0.1) is 6.92 Å². The van der Waals surface area contributed by atoms with E-state index >= 15 is 0 Å². The van der Waals surface area contributed by atoms with Crippen LogP contribution < -0.4 is 10.1 Å². The highest BCUT2D eigenvalue weighted by molar-refractivity contribution is 7.10. The number of ether oxygens (including phenoxy) is 2. The largest absolute Gasteiger partial charge is 0.491 e. The minimum absolute atomic E-state index is 0.0662. The Morgan fingerprint density at radius 2 is 2.17 bits per heavy atom. The van der Waals surface area contributed by atoms with Crippen molar-refractivity contribution in [2.75, 3.05) is 13.2 Å². The fourth-order valence-corrected chi connectivity index (χ4v) is 3.36. The Hall–Kier alpha value is -1.85. The van der Waals surface area contributed by atoms with E-state index in [1.165, 1.54) is 10.4 Å². The van der Waals surface area contributed by atoms with Crippen molar-refractivity contribution in [3.8, 4) is 5.75 Å². The summed E-state index contributed by atoms with van der Waals surface area (Å²) < 4.78 is 11.2. The van der Waals surface area contributed by atoms with Crippen molar-refractivity contribution in [1.29, 1.82) is 0 Å². The number of nitrogens with one attached hydrogen (secondary N) is 1. The van der Waals surface area contributed by atoms with Gasteiger partial charge in [0.15, 0.2) is 0 Å². The second-order valence-corrected chi connectivity index (χ2v) is 6.68. The van der Waals surface area contributed by atoms with Crippen LogP contribution in [0.1, 0.15) is 33.6 Å². The predicted octanol–water partition coefficient (Wildman–Crippen LogP) is 3.54. The zero-order chi connectivity index (χ0) is 16.1. The molecule has 5 heteroatoms. The summed E-state index contributed by atoms with van der Waals surface area (Å²) in [5.41, 5.74) is 1.86. The smallest absolute Gasteiger partial charge is 0.251 e. The van der Waals surface area contributed by atoms with Crippen molar-refractivity contribution in [2.24, 2.45) is 0 Å². The summed E-state index contributed by atoms with van der Waals surface area (Å²) >= 11 is 1.66. The molecule has 0 bridgehead atoms. The number of rotatable bonds is 6. The van der Waals surface area contributed by atoms with Crippen LogP contribution in [0.5, 0.6) is 5.75 Å². The van der Waals surface area contributed by atoms with E-state index in [1.807, 2.05) is 17.5 Å². The molecule has 2 aromatic rings. The molecule has 1 fully saturated rings. The van der Waals surface area contributed by atoms with E-state index in [2.05, 4.69) is 18.3 Å². The molecule has 1 aromatic heterocycles. The molecule has 0 spiro atoms. The van der Waals surface area contributed by atoms with E-state index in [9.17, 15) is 4.79 Å². The first-order valence-corrected chi connectivity index (χ1v) is 8.76. The molecule has 0 aliphatic carbocycles. The van der Waals surface area contributed by atoms with Crippen LogP contribution >= 0.6 is 11.3 Å². The quantitative estimate of drug-likeness (QED) is 0.881. The molecule has 122 valence electrons. The Kier molecular flexibility index (Phi) is 5.31. The Labute approximate surface area is 140 Å². The lowest BCUT2D eigenvalue weighted by atomic mass is 10.2. The van der Waals surface area contributed by atoms with Crippen molar-refractivity contribution >= 4 is 17.2 Å². The van der Waals surface area contributed by atoms with E-state index in [4.69, 9.17) is 9.47 Å². The zero-order valence-electron chi connectivity index (χ0n) is 13.2. The second-order valence-electron chi connectivity index (χ2n) is 5.68. The molecule has 1 aliphatic heterocycles. The Balaban J connectivity index is 1.49. The minimum Gasteiger partial charge on any atom is -0.491 e. The third-order valence-electron chi connectivity index (χ3n) is 3.95. The monoisotopic (exact) mass is 331 g/mol. The molecule has 0 saturated carbocycles. The van der Waals surface area contributed by atoms with Gasteiger partial charge in [-0.1, -0.05) is 0 Å². The number of amides is 1. The molecule has 3 rings (SSSR count). The standard InChI is InChI=1S/C18H21NO3S/c1-13-8-10-23-17(13)11-19-18(20)14-4-6-15(7-5-14)22-12-16-3-2-9-21-16/h4-8,10,16H,2-3,9,11-12H2,1H3,(H,19,20)/t16-/m1/s1. The Morgan fingerprint density at radius 1 is 1.35 bits per heavy atom. The molecular formula is C18H21NO3S. The van der Waals surface area contributed by atoms with E-state index in [0.717, 1.165) is 25.2 Å². The minimum atomic E-state index is -0.0662. The number of carbonyl (C=O) groups is 1. The van der Waals surface area contributed by atoms with Gasteiger partial charge in [0, 0.05) is 17.0 Å².